The van der Waals surface area contributed by atoms with Crippen molar-refractivity contribution in [3.8, 4) is 6.07 Å². The molecule has 0 aliphatic rings. The van der Waals surface area contributed by atoms with E-state index in [1.807, 2.05) is 6.07 Å². The molecule has 0 saturated carbocycles. The molecular formula is C7H8FN3. The standard InChI is InChI=1S/C7H8FN3/c1-2-11-7(8)6(3-4-9)5-10-11/h5H,2-3H2,1H3. The van der Waals surface area contributed by atoms with E-state index in [2.05, 4.69) is 5.10 Å². The molecule has 1 heterocycles. The summed E-state index contributed by atoms with van der Waals surface area (Å²) in [5, 5.41) is 12.0. The van der Waals surface area contributed by atoms with Crippen LogP contribution in [0.15, 0.2) is 6.20 Å². The maximum atomic E-state index is 13.0. The monoisotopic (exact) mass is 153 g/mol. The molecule has 0 aromatic carbocycles. The molecule has 0 unspecified atom stereocenters. The van der Waals surface area contributed by atoms with E-state index in [1.165, 1.54) is 10.9 Å². The van der Waals surface area contributed by atoms with Crippen LogP contribution in [0.2, 0.25) is 0 Å². The summed E-state index contributed by atoms with van der Waals surface area (Å²) in [6, 6.07) is 1.87. The van der Waals surface area contributed by atoms with E-state index >= 15 is 0 Å². The van der Waals surface area contributed by atoms with Gasteiger partial charge in [-0.15, -0.1) is 0 Å². The van der Waals surface area contributed by atoms with E-state index in [9.17, 15) is 4.39 Å². The van der Waals surface area contributed by atoms with Crippen molar-refractivity contribution < 1.29 is 4.39 Å². The van der Waals surface area contributed by atoms with Crippen molar-refractivity contribution in [3.63, 3.8) is 0 Å². The van der Waals surface area contributed by atoms with Crippen LogP contribution in [0.4, 0.5) is 4.39 Å². The highest BCUT2D eigenvalue weighted by molar-refractivity contribution is 5.11. The molecule has 0 aliphatic heterocycles. The van der Waals surface area contributed by atoms with Gasteiger partial charge in [-0.2, -0.15) is 14.8 Å². The zero-order valence-electron chi connectivity index (χ0n) is 6.21. The van der Waals surface area contributed by atoms with Gasteiger partial charge >= 0.3 is 0 Å². The highest BCUT2D eigenvalue weighted by Crippen LogP contribution is 2.05. The first-order valence-electron chi connectivity index (χ1n) is 3.36. The van der Waals surface area contributed by atoms with E-state index in [-0.39, 0.29) is 6.42 Å². The number of hydrogen-bond donors (Lipinski definition) is 0. The fourth-order valence-corrected chi connectivity index (χ4v) is 0.833. The third-order valence-corrected chi connectivity index (χ3v) is 1.41. The van der Waals surface area contributed by atoms with Crippen LogP contribution in [0, 0.1) is 17.3 Å². The lowest BCUT2D eigenvalue weighted by atomic mass is 10.3. The Bertz CT molecular complexity index is 284. The first-order valence-corrected chi connectivity index (χ1v) is 3.36. The lowest BCUT2D eigenvalue weighted by Gasteiger charge is -1.94. The van der Waals surface area contributed by atoms with Gasteiger partial charge in [0.25, 0.3) is 0 Å². The molecule has 58 valence electrons. The van der Waals surface area contributed by atoms with Gasteiger partial charge in [0.1, 0.15) is 0 Å². The molecule has 0 atom stereocenters. The molecule has 0 fully saturated rings. The predicted molar refractivity (Wildman–Crippen MR) is 37.2 cm³/mol. The first-order chi connectivity index (χ1) is 5.29. The van der Waals surface area contributed by atoms with Gasteiger partial charge in [-0.1, -0.05) is 0 Å². The first kappa shape index (κ1) is 7.73. The van der Waals surface area contributed by atoms with Crippen molar-refractivity contribution in [2.75, 3.05) is 0 Å². The minimum atomic E-state index is -0.394. The predicted octanol–water partition coefficient (Wildman–Crippen LogP) is 1.11. The summed E-state index contributed by atoms with van der Waals surface area (Å²) >= 11 is 0. The fourth-order valence-electron chi connectivity index (χ4n) is 0.833. The zero-order chi connectivity index (χ0) is 8.27. The number of halogens is 1. The summed E-state index contributed by atoms with van der Waals surface area (Å²) in [7, 11) is 0. The second-order valence-corrected chi connectivity index (χ2v) is 2.11. The number of aryl methyl sites for hydroxylation is 1. The van der Waals surface area contributed by atoms with Gasteiger partial charge in [0, 0.05) is 12.1 Å². The second-order valence-electron chi connectivity index (χ2n) is 2.11. The maximum Gasteiger partial charge on any atom is 0.215 e. The van der Waals surface area contributed by atoms with Gasteiger partial charge in [-0.05, 0) is 6.92 Å². The topological polar surface area (TPSA) is 41.6 Å². The van der Waals surface area contributed by atoms with E-state index in [0.717, 1.165) is 0 Å². The van der Waals surface area contributed by atoms with Crippen molar-refractivity contribution in [1.29, 1.82) is 5.26 Å². The molecule has 11 heavy (non-hydrogen) atoms. The third-order valence-electron chi connectivity index (χ3n) is 1.41. The summed E-state index contributed by atoms with van der Waals surface area (Å²) in [5.41, 5.74) is 0.370. The van der Waals surface area contributed by atoms with Crippen molar-refractivity contribution in [2.24, 2.45) is 0 Å². The highest BCUT2D eigenvalue weighted by atomic mass is 19.1. The van der Waals surface area contributed by atoms with Crippen LogP contribution in [-0.2, 0) is 13.0 Å². The molecule has 0 bridgehead atoms. The van der Waals surface area contributed by atoms with Crippen molar-refractivity contribution >= 4 is 0 Å². The Kier molecular flexibility index (Phi) is 2.21. The number of aromatic nitrogens is 2. The van der Waals surface area contributed by atoms with E-state index in [1.54, 1.807) is 6.92 Å². The minimum absolute atomic E-state index is 0.0891. The third kappa shape index (κ3) is 1.37. The maximum absolute atomic E-state index is 13.0. The Labute approximate surface area is 64.1 Å². The minimum Gasteiger partial charge on any atom is -0.240 e. The Morgan fingerprint density at radius 1 is 1.82 bits per heavy atom. The lowest BCUT2D eigenvalue weighted by molar-refractivity contribution is 0.466. The SMILES string of the molecule is CCn1ncc(CC#N)c1F. The van der Waals surface area contributed by atoms with Gasteiger partial charge in [-0.3, -0.25) is 0 Å². The van der Waals surface area contributed by atoms with Crippen LogP contribution in [0.1, 0.15) is 12.5 Å². The molecule has 0 radical (unpaired) electrons. The Balaban J connectivity index is 2.93. The molecule has 1 rings (SSSR count). The van der Waals surface area contributed by atoms with Crippen molar-refractivity contribution in [3.05, 3.63) is 17.7 Å². The number of nitriles is 1. The quantitative estimate of drug-likeness (QED) is 0.638. The zero-order valence-corrected chi connectivity index (χ0v) is 6.21. The summed E-state index contributed by atoms with van der Waals surface area (Å²) in [4.78, 5) is 0. The van der Waals surface area contributed by atoms with Crippen LogP contribution in [-0.4, -0.2) is 9.78 Å². The highest BCUT2D eigenvalue weighted by Gasteiger charge is 2.07. The van der Waals surface area contributed by atoms with E-state index in [4.69, 9.17) is 5.26 Å². The van der Waals surface area contributed by atoms with Gasteiger partial charge in [0.15, 0.2) is 0 Å². The molecule has 0 spiro atoms. The largest absolute Gasteiger partial charge is 0.240 e. The Hall–Kier alpha value is -1.37. The molecule has 0 saturated heterocycles. The molecule has 0 amide bonds. The smallest absolute Gasteiger partial charge is 0.215 e. The van der Waals surface area contributed by atoms with Gasteiger partial charge in [-0.25, -0.2) is 4.68 Å². The van der Waals surface area contributed by atoms with Crippen LogP contribution in [0.3, 0.4) is 0 Å². The molecule has 4 heteroatoms. The summed E-state index contributed by atoms with van der Waals surface area (Å²) in [6.45, 7) is 2.30. The van der Waals surface area contributed by atoms with Gasteiger partial charge in [0.2, 0.25) is 5.95 Å². The average molecular weight is 153 g/mol. The number of nitrogens with zero attached hydrogens (tertiary/aromatic N) is 3. The van der Waals surface area contributed by atoms with Crippen LogP contribution < -0.4 is 0 Å². The Morgan fingerprint density at radius 3 is 3.00 bits per heavy atom. The molecule has 3 nitrogen and oxygen atoms in total. The number of rotatable bonds is 2. The summed E-state index contributed by atoms with van der Waals surface area (Å²) in [5.74, 6) is -0.394. The normalized spacial score (nSPS) is 9.55. The fraction of sp³-hybridized carbons (Fsp3) is 0.429. The average Bonchev–Trinajstić information content (AvgIpc) is 2.34. The lowest BCUT2D eigenvalue weighted by Crippen LogP contribution is -2.00. The second kappa shape index (κ2) is 3.15. The molecule has 0 N–H and O–H groups in total. The number of hydrogen-bond acceptors (Lipinski definition) is 2. The van der Waals surface area contributed by atoms with Crippen molar-refractivity contribution in [1.82, 2.24) is 9.78 Å². The van der Waals surface area contributed by atoms with E-state index in [0.29, 0.717) is 12.1 Å². The summed E-state index contributed by atoms with van der Waals surface area (Å²) < 4.78 is 14.2. The van der Waals surface area contributed by atoms with Crippen LogP contribution in [0.25, 0.3) is 0 Å². The molecule has 1 aromatic rings. The van der Waals surface area contributed by atoms with Crippen LogP contribution >= 0.6 is 0 Å². The van der Waals surface area contributed by atoms with E-state index < -0.39 is 5.95 Å². The van der Waals surface area contributed by atoms with Gasteiger partial charge in [0.05, 0.1) is 18.7 Å². The van der Waals surface area contributed by atoms with Crippen molar-refractivity contribution in [2.45, 2.75) is 19.9 Å². The Morgan fingerprint density at radius 2 is 2.55 bits per heavy atom. The molecular weight excluding hydrogens is 145 g/mol. The van der Waals surface area contributed by atoms with Gasteiger partial charge < -0.3 is 0 Å². The summed E-state index contributed by atoms with van der Waals surface area (Å²) in [6.07, 6.45) is 1.48. The van der Waals surface area contributed by atoms with Crippen LogP contribution in [0.5, 0.6) is 0 Å². The molecule has 1 aromatic heterocycles. The molecule has 0 aliphatic carbocycles.